The third-order valence-electron chi connectivity index (χ3n) is 8.40. The Morgan fingerprint density at radius 2 is 1.76 bits per heavy atom. The summed E-state index contributed by atoms with van der Waals surface area (Å²) in [6.45, 7) is 6.45. The predicted molar refractivity (Wildman–Crippen MR) is 177 cm³/mol. The van der Waals surface area contributed by atoms with Crippen molar-refractivity contribution in [3.63, 3.8) is 0 Å². The first-order valence-corrected chi connectivity index (χ1v) is 16.4. The number of aliphatic hydroxyl groups excluding tert-OH is 1. The van der Waals surface area contributed by atoms with Crippen LogP contribution in [-0.4, -0.2) is 87.5 Å². The van der Waals surface area contributed by atoms with Gasteiger partial charge in [-0.15, -0.1) is 0 Å². The Labute approximate surface area is 284 Å². The van der Waals surface area contributed by atoms with Gasteiger partial charge in [-0.25, -0.2) is 9.07 Å². The Morgan fingerprint density at radius 3 is 2.37 bits per heavy atom. The van der Waals surface area contributed by atoms with Crippen LogP contribution in [0.3, 0.4) is 0 Å². The van der Waals surface area contributed by atoms with Gasteiger partial charge in [0.25, 0.3) is 5.91 Å². The number of aromatic nitrogens is 2. The van der Waals surface area contributed by atoms with Crippen molar-refractivity contribution < 1.29 is 42.5 Å². The smallest absolute Gasteiger partial charge is 0.342 e. The van der Waals surface area contributed by atoms with Crippen molar-refractivity contribution in [2.45, 2.75) is 84.0 Å². The molecule has 0 saturated carbocycles. The number of imide groups is 1. The zero-order valence-electron chi connectivity index (χ0n) is 27.9. The summed E-state index contributed by atoms with van der Waals surface area (Å²) in [4.78, 5) is 34.5. The molecule has 1 atom stereocenters. The Bertz CT molecular complexity index is 1470. The number of carbonyl (C=O) groups is 3. The van der Waals surface area contributed by atoms with Crippen molar-refractivity contribution in [2.75, 3.05) is 26.3 Å². The molecule has 0 bridgehead atoms. The van der Waals surface area contributed by atoms with Gasteiger partial charge in [0.2, 0.25) is 12.8 Å². The number of nitrogens with one attached hydrogen (secondary N) is 1. The van der Waals surface area contributed by atoms with Crippen molar-refractivity contribution in [3.8, 4) is 11.4 Å². The molecule has 2 fully saturated rings. The first-order chi connectivity index (χ1) is 23.6. The average molecular weight is 690 g/mol. The molecule has 2 saturated heterocycles. The number of fused-ring (bicyclic) bond motifs is 1. The number of ether oxygens (including phenoxy) is 1. The summed E-state index contributed by atoms with van der Waals surface area (Å²) < 4.78 is 41.1. The lowest BCUT2D eigenvalue weighted by atomic mass is 9.91. The number of amides is 3. The van der Waals surface area contributed by atoms with E-state index in [0.717, 1.165) is 67.8 Å². The second-order valence-electron chi connectivity index (χ2n) is 12.0. The summed E-state index contributed by atoms with van der Waals surface area (Å²) in [7, 11) is 0. The molecule has 0 radical (unpaired) electrons. The maximum absolute atomic E-state index is 14.1. The number of aromatic hydroxyl groups is 1. The van der Waals surface area contributed by atoms with Crippen LogP contribution in [0.2, 0.25) is 0 Å². The molecule has 3 aromatic rings. The molecule has 268 valence electrons. The second kappa shape index (κ2) is 20.3. The van der Waals surface area contributed by atoms with E-state index >= 15 is 0 Å². The quantitative estimate of drug-likeness (QED) is 0.263. The molecule has 14 heteroatoms. The summed E-state index contributed by atoms with van der Waals surface area (Å²) in [5.41, 5.74) is 4.73. The minimum Gasteiger partial charge on any atom is -0.508 e. The van der Waals surface area contributed by atoms with Crippen LogP contribution < -0.4 is 5.32 Å². The topological polar surface area (TPSA) is 137 Å². The number of benzene rings is 2. The molecule has 6 rings (SSSR count). The van der Waals surface area contributed by atoms with E-state index in [1.165, 1.54) is 31.5 Å². The highest BCUT2D eigenvalue weighted by molar-refractivity contribution is 5.98. The molecule has 3 aliphatic rings. The normalized spacial score (nSPS) is 16.4. The predicted octanol–water partition coefficient (Wildman–Crippen LogP) is 5.13. The summed E-state index contributed by atoms with van der Waals surface area (Å²) in [5.74, 6) is 0.519. The van der Waals surface area contributed by atoms with Crippen LogP contribution in [0, 0.1) is 5.82 Å². The standard InChI is InChI=1S/C19H24FN3O.C13H17NO2.C2H3NO2.CH2F2O/c20-18-9-17(16-3-7-24-8-4-16)10-19(11-18)23-14-15(12-21-23)13-22-5-1-2-6-22;1-3-4-9(2)14-8-10-7-11(15)5-6-12(10)13(14)16;4-1-3-2-5;2-1(3)4/h9-12,14,16H,1-8,13H2;5-7,9,15H,3-4,8H2,1-2H3;1-2H,(H,3,4,5);1,4H. The summed E-state index contributed by atoms with van der Waals surface area (Å²) in [6, 6.07) is 10.5. The molecular formula is C35H46F3N5O6. The van der Waals surface area contributed by atoms with Gasteiger partial charge in [-0.1, -0.05) is 13.3 Å². The maximum Gasteiger partial charge on any atom is 0.342 e. The highest BCUT2D eigenvalue weighted by Gasteiger charge is 2.30. The fraction of sp³-hybridized carbons (Fsp3) is 0.486. The first-order valence-electron chi connectivity index (χ1n) is 16.4. The van der Waals surface area contributed by atoms with E-state index < -0.39 is 6.61 Å². The number of phenolic OH excluding ortho intramolecular Hbond substituents is 1. The van der Waals surface area contributed by atoms with E-state index in [-0.39, 0.29) is 23.5 Å². The lowest BCUT2D eigenvalue weighted by molar-refractivity contribution is -0.117. The zero-order valence-corrected chi connectivity index (χ0v) is 27.9. The third kappa shape index (κ3) is 12.6. The van der Waals surface area contributed by atoms with Gasteiger partial charge >= 0.3 is 6.61 Å². The molecule has 0 aliphatic carbocycles. The highest BCUT2D eigenvalue weighted by Crippen LogP contribution is 2.30. The Kier molecular flexibility index (Phi) is 16.2. The number of phenols is 1. The largest absolute Gasteiger partial charge is 0.508 e. The van der Waals surface area contributed by atoms with Crippen molar-refractivity contribution >= 4 is 18.7 Å². The van der Waals surface area contributed by atoms with Crippen molar-refractivity contribution in [2.24, 2.45) is 0 Å². The van der Waals surface area contributed by atoms with E-state index in [9.17, 15) is 23.1 Å². The number of likely N-dealkylation sites (tertiary alicyclic amines) is 1. The highest BCUT2D eigenvalue weighted by atomic mass is 19.3. The summed E-state index contributed by atoms with van der Waals surface area (Å²) in [6.07, 6.45) is 11.1. The zero-order chi connectivity index (χ0) is 35.8. The number of aliphatic hydroxyl groups is 1. The van der Waals surface area contributed by atoms with Gasteiger partial charge in [0.1, 0.15) is 11.6 Å². The van der Waals surface area contributed by atoms with Crippen LogP contribution >= 0.6 is 0 Å². The Balaban J connectivity index is 0.000000223. The third-order valence-corrected chi connectivity index (χ3v) is 8.40. The number of nitrogens with zero attached hydrogens (tertiary/aromatic N) is 4. The van der Waals surface area contributed by atoms with Crippen molar-refractivity contribution in [3.05, 3.63) is 76.9 Å². The number of hydrogen-bond donors (Lipinski definition) is 3. The van der Waals surface area contributed by atoms with Gasteiger partial charge in [-0.2, -0.15) is 13.9 Å². The Hall–Kier alpha value is -4.27. The van der Waals surface area contributed by atoms with E-state index in [1.807, 2.05) is 17.3 Å². The van der Waals surface area contributed by atoms with Crippen LogP contribution in [0.4, 0.5) is 13.2 Å². The molecule has 3 amide bonds. The van der Waals surface area contributed by atoms with Crippen LogP contribution in [0.25, 0.3) is 5.69 Å². The molecule has 49 heavy (non-hydrogen) atoms. The molecule has 1 aromatic heterocycles. The molecule has 3 aliphatic heterocycles. The average Bonchev–Trinajstić information content (AvgIpc) is 3.84. The fourth-order valence-electron chi connectivity index (χ4n) is 6.06. The number of alkyl halides is 2. The van der Waals surface area contributed by atoms with Crippen LogP contribution in [0.5, 0.6) is 5.75 Å². The van der Waals surface area contributed by atoms with Gasteiger partial charge in [-0.3, -0.25) is 19.3 Å². The number of carbonyl (C=O) groups excluding carboxylic acids is 3. The lowest BCUT2D eigenvalue weighted by Gasteiger charge is -2.23. The summed E-state index contributed by atoms with van der Waals surface area (Å²) >= 11 is 0. The second-order valence-corrected chi connectivity index (χ2v) is 12.0. The van der Waals surface area contributed by atoms with Crippen LogP contribution in [0.15, 0.2) is 48.8 Å². The monoisotopic (exact) mass is 689 g/mol. The van der Waals surface area contributed by atoms with Crippen molar-refractivity contribution in [1.82, 2.24) is 24.9 Å². The van der Waals surface area contributed by atoms with E-state index in [1.54, 1.807) is 40.3 Å². The van der Waals surface area contributed by atoms with Gasteiger partial charge in [0.05, 0.1) is 11.9 Å². The minimum absolute atomic E-state index is 0.0935. The molecule has 0 spiro atoms. The fourth-order valence-corrected chi connectivity index (χ4v) is 6.06. The van der Waals surface area contributed by atoms with E-state index in [0.29, 0.717) is 25.3 Å². The molecule has 4 heterocycles. The molecule has 1 unspecified atom stereocenters. The maximum atomic E-state index is 14.1. The number of hydrogen-bond acceptors (Lipinski definition) is 8. The van der Waals surface area contributed by atoms with Gasteiger partial charge in [0, 0.05) is 49.7 Å². The number of rotatable bonds is 9. The van der Waals surface area contributed by atoms with Gasteiger partial charge in [-0.05, 0) is 106 Å². The molecule has 2 aromatic carbocycles. The van der Waals surface area contributed by atoms with E-state index in [2.05, 4.69) is 29.9 Å². The SMILES string of the molecule is CCCC(C)N1Cc2cc(O)ccc2C1=O.Fc1cc(C2CCOCC2)cc(-n2cc(CN3CCCC3)cn2)c1.O=CNC=O.OC(F)F. The molecular weight excluding hydrogens is 643 g/mol. The van der Waals surface area contributed by atoms with Crippen LogP contribution in [0.1, 0.15) is 85.3 Å². The lowest BCUT2D eigenvalue weighted by Crippen LogP contribution is -2.33. The van der Waals surface area contributed by atoms with Gasteiger partial charge in [0.15, 0.2) is 0 Å². The van der Waals surface area contributed by atoms with Gasteiger partial charge < -0.3 is 25.2 Å². The molecule has 3 N–H and O–H groups in total. The van der Waals surface area contributed by atoms with Crippen LogP contribution in [-0.2, 0) is 27.4 Å². The first kappa shape index (κ1) is 39.2. The van der Waals surface area contributed by atoms with E-state index in [4.69, 9.17) is 19.4 Å². The number of halogens is 3. The minimum atomic E-state index is -3.17. The molecule has 11 nitrogen and oxygen atoms in total. The summed E-state index contributed by atoms with van der Waals surface area (Å²) in [5, 5.41) is 22.3. The Morgan fingerprint density at radius 1 is 1.08 bits per heavy atom. The van der Waals surface area contributed by atoms with Crippen molar-refractivity contribution in [1.29, 1.82) is 0 Å².